The lowest BCUT2D eigenvalue weighted by Gasteiger charge is -2.07. The molecule has 24 heavy (non-hydrogen) atoms. The normalized spacial score (nSPS) is 15.5. The molecule has 6 heteroatoms. The zero-order valence-electron chi connectivity index (χ0n) is 12.3. The Morgan fingerprint density at radius 3 is 2.54 bits per heavy atom. The highest BCUT2D eigenvalue weighted by Crippen LogP contribution is 2.28. The van der Waals surface area contributed by atoms with Gasteiger partial charge in [-0.25, -0.2) is 9.18 Å². The van der Waals surface area contributed by atoms with Crippen LogP contribution in [-0.2, 0) is 14.3 Å². The van der Waals surface area contributed by atoms with Gasteiger partial charge in [0.15, 0.2) is 11.3 Å². The van der Waals surface area contributed by atoms with E-state index in [0.29, 0.717) is 11.3 Å². The van der Waals surface area contributed by atoms with Gasteiger partial charge in [0.2, 0.25) is 11.7 Å². The van der Waals surface area contributed by atoms with Crippen LogP contribution in [0, 0.1) is 5.82 Å². The first kappa shape index (κ1) is 15.5. The first-order valence-corrected chi connectivity index (χ1v) is 7.04. The van der Waals surface area contributed by atoms with Crippen LogP contribution in [0.25, 0.3) is 6.08 Å². The molecule has 0 fully saturated rings. The summed E-state index contributed by atoms with van der Waals surface area (Å²) in [5, 5.41) is 12.0. The van der Waals surface area contributed by atoms with Gasteiger partial charge in [0.05, 0.1) is 0 Å². The van der Waals surface area contributed by atoms with E-state index >= 15 is 0 Å². The van der Waals surface area contributed by atoms with Crippen LogP contribution < -0.4 is 5.32 Å². The van der Waals surface area contributed by atoms with E-state index in [9.17, 15) is 19.1 Å². The maximum absolute atomic E-state index is 13.2. The second-order valence-electron chi connectivity index (χ2n) is 5.00. The Bertz CT molecular complexity index is 872. The number of halogens is 1. The molecule has 0 saturated heterocycles. The fourth-order valence-corrected chi connectivity index (χ4v) is 2.21. The molecule has 120 valence electrons. The third-order valence-corrected chi connectivity index (χ3v) is 3.28. The van der Waals surface area contributed by atoms with Gasteiger partial charge in [-0.1, -0.05) is 30.3 Å². The molecule has 0 saturated carbocycles. The number of carbonyl (C=O) groups is 2. The number of anilines is 1. The van der Waals surface area contributed by atoms with Crippen LogP contribution in [0.5, 0.6) is 0 Å². The maximum atomic E-state index is 13.2. The van der Waals surface area contributed by atoms with E-state index in [1.807, 2.05) is 0 Å². The summed E-state index contributed by atoms with van der Waals surface area (Å²) in [7, 11) is 0. The van der Waals surface area contributed by atoms with Crippen LogP contribution in [0.15, 0.2) is 71.8 Å². The number of ketones is 1. The van der Waals surface area contributed by atoms with Gasteiger partial charge in [-0.15, -0.1) is 0 Å². The summed E-state index contributed by atoms with van der Waals surface area (Å²) in [6.07, 6.45) is 1.30. The molecule has 1 aliphatic rings. The Balaban J connectivity index is 1.93. The highest BCUT2D eigenvalue weighted by atomic mass is 19.1. The molecular formula is C18H12FNO4. The average Bonchev–Trinajstić information content (AvgIpc) is 2.84. The van der Waals surface area contributed by atoms with Crippen LogP contribution >= 0.6 is 0 Å². The molecule has 0 radical (unpaired) electrons. The number of allylic oxidation sites excluding steroid dienone is 1. The van der Waals surface area contributed by atoms with Crippen molar-refractivity contribution >= 4 is 23.5 Å². The Kier molecular flexibility index (Phi) is 4.11. The van der Waals surface area contributed by atoms with Crippen molar-refractivity contribution in [2.75, 3.05) is 5.32 Å². The van der Waals surface area contributed by atoms with Gasteiger partial charge in [-0.2, -0.15) is 0 Å². The highest BCUT2D eigenvalue weighted by Gasteiger charge is 2.35. The first-order chi connectivity index (χ1) is 11.5. The van der Waals surface area contributed by atoms with Crippen molar-refractivity contribution in [1.82, 2.24) is 0 Å². The summed E-state index contributed by atoms with van der Waals surface area (Å²) in [6.45, 7) is 0. The summed E-state index contributed by atoms with van der Waals surface area (Å²) in [4.78, 5) is 23.6. The molecule has 0 amide bonds. The lowest BCUT2D eigenvalue weighted by molar-refractivity contribution is -0.134. The predicted octanol–water partition coefficient (Wildman–Crippen LogP) is 3.17. The molecule has 0 aromatic heterocycles. The maximum Gasteiger partial charge on any atom is 0.345 e. The number of carboxylic acid groups (broad SMARTS) is 1. The third kappa shape index (κ3) is 3.17. The average molecular weight is 325 g/mol. The molecule has 5 nitrogen and oxygen atoms in total. The van der Waals surface area contributed by atoms with Gasteiger partial charge in [0.25, 0.3) is 0 Å². The van der Waals surface area contributed by atoms with Crippen molar-refractivity contribution in [3.8, 4) is 0 Å². The Morgan fingerprint density at radius 1 is 1.12 bits per heavy atom. The van der Waals surface area contributed by atoms with Crippen molar-refractivity contribution < 1.29 is 23.8 Å². The van der Waals surface area contributed by atoms with E-state index in [1.165, 1.54) is 24.3 Å². The second kappa shape index (κ2) is 6.37. The minimum Gasteiger partial charge on any atom is -0.477 e. The standard InChI is InChI=1S/C18H12FNO4/c19-12-6-4-5-11(9-12)10-14-16(21)15(18(22)23)17(24-14)20-13-7-2-1-3-8-13/h1-10,20H,(H,22,23)/b14-10-. The molecule has 3 rings (SSSR count). The SMILES string of the molecule is O=C(O)C1=C(Nc2ccccc2)O/C(=C\c2cccc(F)c2)C1=O. The minimum atomic E-state index is -1.40. The largest absolute Gasteiger partial charge is 0.477 e. The molecule has 2 aromatic rings. The summed E-state index contributed by atoms with van der Waals surface area (Å²) in [6, 6.07) is 14.3. The summed E-state index contributed by atoms with van der Waals surface area (Å²) in [5.41, 5.74) is 0.469. The number of hydrogen-bond acceptors (Lipinski definition) is 4. The number of carbonyl (C=O) groups excluding carboxylic acids is 1. The summed E-state index contributed by atoms with van der Waals surface area (Å²) >= 11 is 0. The van der Waals surface area contributed by atoms with Gasteiger partial charge in [-0.05, 0) is 35.9 Å². The van der Waals surface area contributed by atoms with Crippen LogP contribution in [0.2, 0.25) is 0 Å². The molecule has 2 N–H and O–H groups in total. The number of ether oxygens (including phenoxy) is 1. The van der Waals surface area contributed by atoms with E-state index in [1.54, 1.807) is 36.4 Å². The smallest absolute Gasteiger partial charge is 0.345 e. The quantitative estimate of drug-likeness (QED) is 0.667. The monoisotopic (exact) mass is 325 g/mol. The molecular weight excluding hydrogens is 313 g/mol. The Labute approximate surface area is 136 Å². The van der Waals surface area contributed by atoms with Gasteiger partial charge >= 0.3 is 5.97 Å². The van der Waals surface area contributed by atoms with Crippen LogP contribution in [0.4, 0.5) is 10.1 Å². The molecule has 2 aromatic carbocycles. The van der Waals surface area contributed by atoms with Crippen molar-refractivity contribution in [2.24, 2.45) is 0 Å². The number of Topliss-reactive ketones (excluding diaryl/α,β-unsaturated/α-hetero) is 1. The zero-order chi connectivity index (χ0) is 17.1. The van der Waals surface area contributed by atoms with E-state index < -0.39 is 23.1 Å². The number of hydrogen-bond donors (Lipinski definition) is 2. The Morgan fingerprint density at radius 2 is 1.88 bits per heavy atom. The van der Waals surface area contributed by atoms with Gasteiger partial charge in [0.1, 0.15) is 5.82 Å². The predicted molar refractivity (Wildman–Crippen MR) is 85.2 cm³/mol. The number of aliphatic carboxylic acids is 1. The van der Waals surface area contributed by atoms with E-state index in [2.05, 4.69) is 5.32 Å². The molecule has 0 spiro atoms. The van der Waals surface area contributed by atoms with Crippen LogP contribution in [-0.4, -0.2) is 16.9 Å². The summed E-state index contributed by atoms with van der Waals surface area (Å²) in [5.74, 6) is -2.99. The van der Waals surface area contributed by atoms with Gasteiger partial charge in [0, 0.05) is 5.69 Å². The lowest BCUT2D eigenvalue weighted by Crippen LogP contribution is -2.12. The number of rotatable bonds is 4. The second-order valence-corrected chi connectivity index (χ2v) is 5.00. The molecule has 0 aliphatic carbocycles. The third-order valence-electron chi connectivity index (χ3n) is 3.28. The van der Waals surface area contributed by atoms with Crippen LogP contribution in [0.3, 0.4) is 0 Å². The van der Waals surface area contributed by atoms with Gasteiger partial charge in [-0.3, -0.25) is 4.79 Å². The fraction of sp³-hybridized carbons (Fsp3) is 0. The van der Waals surface area contributed by atoms with Crippen molar-refractivity contribution in [3.63, 3.8) is 0 Å². The van der Waals surface area contributed by atoms with Crippen LogP contribution in [0.1, 0.15) is 5.56 Å². The van der Waals surface area contributed by atoms with Crippen molar-refractivity contribution in [1.29, 1.82) is 0 Å². The Hall–Kier alpha value is -3.41. The van der Waals surface area contributed by atoms with E-state index in [4.69, 9.17) is 4.74 Å². The lowest BCUT2D eigenvalue weighted by atomic mass is 10.1. The van der Waals surface area contributed by atoms with Gasteiger partial charge < -0.3 is 15.2 Å². The molecule has 0 bridgehead atoms. The minimum absolute atomic E-state index is 0.165. The summed E-state index contributed by atoms with van der Waals surface area (Å²) < 4.78 is 18.6. The number of nitrogens with one attached hydrogen (secondary N) is 1. The van der Waals surface area contributed by atoms with Crippen molar-refractivity contribution in [2.45, 2.75) is 0 Å². The molecule has 0 atom stereocenters. The van der Waals surface area contributed by atoms with E-state index in [-0.39, 0.29) is 11.6 Å². The number of carboxylic acids is 1. The highest BCUT2D eigenvalue weighted by molar-refractivity contribution is 6.26. The van der Waals surface area contributed by atoms with E-state index in [0.717, 1.165) is 0 Å². The topological polar surface area (TPSA) is 75.6 Å². The number of benzene rings is 2. The first-order valence-electron chi connectivity index (χ1n) is 7.04. The zero-order valence-corrected chi connectivity index (χ0v) is 12.3. The molecule has 1 heterocycles. The fourth-order valence-electron chi connectivity index (χ4n) is 2.21. The van der Waals surface area contributed by atoms with Crippen molar-refractivity contribution in [3.05, 3.63) is 83.2 Å². The number of para-hydroxylation sites is 1. The molecule has 1 aliphatic heterocycles. The molecule has 0 unspecified atom stereocenters.